The average molecular weight is 393 g/mol. The van der Waals surface area contributed by atoms with Crippen LogP contribution in [-0.4, -0.2) is 4.98 Å². The molecule has 1 atom stereocenters. The minimum atomic E-state index is -0.943. The van der Waals surface area contributed by atoms with Crippen molar-refractivity contribution in [2.24, 2.45) is 5.84 Å². The fourth-order valence-corrected chi connectivity index (χ4v) is 2.91. The SMILES string of the molecule is NNC(c1cccc(F)c1F)c1ncc(Br)cc1Br. The Morgan fingerprint density at radius 1 is 1.26 bits per heavy atom. The van der Waals surface area contributed by atoms with Crippen LogP contribution in [0.1, 0.15) is 17.3 Å². The van der Waals surface area contributed by atoms with Gasteiger partial charge in [0.1, 0.15) is 0 Å². The van der Waals surface area contributed by atoms with Crippen molar-refractivity contribution in [1.29, 1.82) is 0 Å². The van der Waals surface area contributed by atoms with E-state index in [1.165, 1.54) is 12.1 Å². The monoisotopic (exact) mass is 391 g/mol. The molecule has 2 rings (SSSR count). The van der Waals surface area contributed by atoms with Gasteiger partial charge in [-0.05, 0) is 44.0 Å². The predicted octanol–water partition coefficient (Wildman–Crippen LogP) is 3.44. The van der Waals surface area contributed by atoms with Crippen LogP contribution in [0.4, 0.5) is 8.78 Å². The molecule has 0 amide bonds. The van der Waals surface area contributed by atoms with Crippen molar-refractivity contribution in [1.82, 2.24) is 10.4 Å². The van der Waals surface area contributed by atoms with Crippen molar-refractivity contribution in [3.63, 3.8) is 0 Å². The topological polar surface area (TPSA) is 50.9 Å². The molecule has 100 valence electrons. The maximum absolute atomic E-state index is 13.8. The van der Waals surface area contributed by atoms with E-state index in [0.717, 1.165) is 10.5 Å². The molecule has 0 aliphatic heterocycles. The molecule has 1 aromatic heterocycles. The van der Waals surface area contributed by atoms with Crippen LogP contribution in [0.3, 0.4) is 0 Å². The van der Waals surface area contributed by atoms with Crippen LogP contribution in [0.5, 0.6) is 0 Å². The van der Waals surface area contributed by atoms with Crippen LogP contribution in [0.15, 0.2) is 39.4 Å². The van der Waals surface area contributed by atoms with Gasteiger partial charge in [-0.3, -0.25) is 10.8 Å². The summed E-state index contributed by atoms with van der Waals surface area (Å²) < 4.78 is 28.5. The van der Waals surface area contributed by atoms with Crippen LogP contribution in [-0.2, 0) is 0 Å². The van der Waals surface area contributed by atoms with Gasteiger partial charge in [-0.25, -0.2) is 14.2 Å². The third-order valence-electron chi connectivity index (χ3n) is 2.57. The zero-order valence-corrected chi connectivity index (χ0v) is 12.7. The number of pyridine rings is 1. The number of nitrogens with two attached hydrogens (primary N) is 1. The summed E-state index contributed by atoms with van der Waals surface area (Å²) in [6.07, 6.45) is 1.56. The summed E-state index contributed by atoms with van der Waals surface area (Å²) in [6, 6.07) is 4.93. The van der Waals surface area contributed by atoms with Crippen LogP contribution < -0.4 is 11.3 Å². The summed E-state index contributed by atoms with van der Waals surface area (Å²) in [4.78, 5) is 4.17. The molecule has 7 heteroatoms. The van der Waals surface area contributed by atoms with Gasteiger partial charge in [-0.2, -0.15) is 0 Å². The van der Waals surface area contributed by atoms with E-state index in [-0.39, 0.29) is 5.56 Å². The van der Waals surface area contributed by atoms with E-state index in [1.807, 2.05) is 0 Å². The van der Waals surface area contributed by atoms with E-state index >= 15 is 0 Å². The van der Waals surface area contributed by atoms with E-state index in [2.05, 4.69) is 42.3 Å². The summed E-state index contributed by atoms with van der Waals surface area (Å²) in [6.45, 7) is 0. The maximum Gasteiger partial charge on any atom is 0.164 e. The van der Waals surface area contributed by atoms with Gasteiger partial charge in [0.05, 0.1) is 11.7 Å². The standard InChI is InChI=1S/C12H9Br2F2N3/c13-6-4-8(14)12(18-5-6)11(19-17)7-2-1-3-9(15)10(7)16/h1-5,11,19H,17H2. The smallest absolute Gasteiger partial charge is 0.164 e. The first kappa shape index (κ1) is 14.5. The number of aromatic nitrogens is 1. The van der Waals surface area contributed by atoms with Crippen LogP contribution in [0.25, 0.3) is 0 Å². The molecule has 1 unspecified atom stereocenters. The molecule has 0 aliphatic carbocycles. The molecule has 0 aliphatic rings. The van der Waals surface area contributed by atoms with Gasteiger partial charge in [0.2, 0.25) is 0 Å². The molecule has 0 radical (unpaired) electrons. The lowest BCUT2D eigenvalue weighted by Gasteiger charge is -2.18. The summed E-state index contributed by atoms with van der Waals surface area (Å²) in [7, 11) is 0. The molecule has 2 aromatic rings. The Morgan fingerprint density at radius 3 is 2.63 bits per heavy atom. The van der Waals surface area contributed by atoms with Crippen molar-refractivity contribution in [2.45, 2.75) is 6.04 Å². The van der Waals surface area contributed by atoms with Crippen molar-refractivity contribution in [2.75, 3.05) is 0 Å². The number of nitrogens with one attached hydrogen (secondary N) is 1. The number of hydrogen-bond donors (Lipinski definition) is 2. The third kappa shape index (κ3) is 3.00. The Labute approximate surface area is 125 Å². The molecule has 0 bridgehead atoms. The summed E-state index contributed by atoms with van der Waals surface area (Å²) in [5, 5.41) is 0. The van der Waals surface area contributed by atoms with Gasteiger partial charge >= 0.3 is 0 Å². The zero-order chi connectivity index (χ0) is 14.0. The minimum absolute atomic E-state index is 0.0954. The van der Waals surface area contributed by atoms with Crippen molar-refractivity contribution in [3.8, 4) is 0 Å². The summed E-state index contributed by atoms with van der Waals surface area (Å²) >= 11 is 6.60. The second kappa shape index (κ2) is 6.04. The first-order valence-corrected chi connectivity index (χ1v) is 6.84. The molecule has 3 nitrogen and oxygen atoms in total. The van der Waals surface area contributed by atoms with Crippen LogP contribution in [0, 0.1) is 11.6 Å². The molecule has 0 fully saturated rings. The first-order chi connectivity index (χ1) is 9.04. The molecule has 3 N–H and O–H groups in total. The largest absolute Gasteiger partial charge is 0.271 e. The molecule has 19 heavy (non-hydrogen) atoms. The molecule has 0 saturated carbocycles. The van der Waals surface area contributed by atoms with Gasteiger partial charge in [-0.1, -0.05) is 12.1 Å². The Kier molecular flexibility index (Phi) is 4.62. The fraction of sp³-hybridized carbons (Fsp3) is 0.0833. The second-order valence-corrected chi connectivity index (χ2v) is 5.53. The Morgan fingerprint density at radius 2 is 2.00 bits per heavy atom. The first-order valence-electron chi connectivity index (χ1n) is 5.25. The zero-order valence-electron chi connectivity index (χ0n) is 9.50. The number of hydrazine groups is 1. The highest BCUT2D eigenvalue weighted by Crippen LogP contribution is 2.30. The highest BCUT2D eigenvalue weighted by molar-refractivity contribution is 9.11. The Bertz CT molecular complexity index is 608. The van der Waals surface area contributed by atoms with Gasteiger partial charge in [0.15, 0.2) is 11.6 Å². The molecular formula is C12H9Br2F2N3. The molecule has 1 heterocycles. The summed E-state index contributed by atoms with van der Waals surface area (Å²) in [5.41, 5.74) is 3.01. The molecular weight excluding hydrogens is 384 g/mol. The molecule has 0 saturated heterocycles. The van der Waals surface area contributed by atoms with Crippen molar-refractivity contribution in [3.05, 3.63) is 62.3 Å². The minimum Gasteiger partial charge on any atom is -0.271 e. The predicted molar refractivity (Wildman–Crippen MR) is 75.2 cm³/mol. The maximum atomic E-state index is 13.8. The van der Waals surface area contributed by atoms with E-state index < -0.39 is 17.7 Å². The van der Waals surface area contributed by atoms with Gasteiger partial charge in [0.25, 0.3) is 0 Å². The van der Waals surface area contributed by atoms with Gasteiger partial charge in [-0.15, -0.1) is 0 Å². The Hall–Kier alpha value is -0.890. The van der Waals surface area contributed by atoms with Gasteiger partial charge < -0.3 is 0 Å². The van der Waals surface area contributed by atoms with E-state index in [0.29, 0.717) is 10.2 Å². The van der Waals surface area contributed by atoms with E-state index in [1.54, 1.807) is 12.3 Å². The van der Waals surface area contributed by atoms with E-state index in [4.69, 9.17) is 5.84 Å². The normalized spacial score (nSPS) is 12.5. The van der Waals surface area contributed by atoms with E-state index in [9.17, 15) is 8.78 Å². The summed E-state index contributed by atoms with van der Waals surface area (Å²) in [5.74, 6) is 3.58. The molecule has 1 aromatic carbocycles. The average Bonchev–Trinajstić information content (AvgIpc) is 2.37. The third-order valence-corrected chi connectivity index (χ3v) is 3.64. The number of hydrogen-bond acceptors (Lipinski definition) is 3. The van der Waals surface area contributed by atoms with Crippen LogP contribution >= 0.6 is 31.9 Å². The van der Waals surface area contributed by atoms with Gasteiger partial charge in [0, 0.05) is 20.7 Å². The number of halogens is 4. The fourth-order valence-electron chi connectivity index (χ4n) is 1.70. The quantitative estimate of drug-likeness (QED) is 0.621. The Balaban J connectivity index is 2.53. The van der Waals surface area contributed by atoms with Crippen LogP contribution in [0.2, 0.25) is 0 Å². The lowest BCUT2D eigenvalue weighted by molar-refractivity contribution is 0.480. The lowest BCUT2D eigenvalue weighted by Crippen LogP contribution is -2.30. The second-order valence-electron chi connectivity index (χ2n) is 3.76. The number of rotatable bonds is 3. The number of benzene rings is 1. The lowest BCUT2D eigenvalue weighted by atomic mass is 10.0. The highest BCUT2D eigenvalue weighted by atomic mass is 79.9. The highest BCUT2D eigenvalue weighted by Gasteiger charge is 2.22. The molecule has 0 spiro atoms. The van der Waals surface area contributed by atoms with Crippen molar-refractivity contribution < 1.29 is 8.78 Å². The van der Waals surface area contributed by atoms with Crippen molar-refractivity contribution >= 4 is 31.9 Å². The number of nitrogens with zero attached hydrogens (tertiary/aromatic N) is 1.